The lowest BCUT2D eigenvalue weighted by Gasteiger charge is -1.99. The summed E-state index contributed by atoms with van der Waals surface area (Å²) in [5, 5.41) is 7.78. The molecule has 60 valence electrons. The van der Waals surface area contributed by atoms with Crippen LogP contribution in [0.5, 0.6) is 0 Å². The van der Waals surface area contributed by atoms with Crippen molar-refractivity contribution in [3.63, 3.8) is 0 Å². The van der Waals surface area contributed by atoms with Gasteiger partial charge in [0.25, 0.3) is 5.91 Å². The number of rotatable bonds is 0. The molecule has 1 aromatic rings. The topological polar surface area (TPSA) is 41.8 Å². The molecule has 0 bridgehead atoms. The molecule has 12 heavy (non-hydrogen) atoms. The SMILES string of the molecule is Cc1c(Cl)ccc2c1N=NC2=O. The predicted molar refractivity (Wildman–Crippen MR) is 45.0 cm³/mol. The lowest BCUT2D eigenvalue weighted by molar-refractivity contribution is 0.100. The summed E-state index contributed by atoms with van der Waals surface area (Å²) >= 11 is 5.83. The van der Waals surface area contributed by atoms with E-state index < -0.39 is 0 Å². The van der Waals surface area contributed by atoms with Crippen LogP contribution in [-0.4, -0.2) is 5.91 Å². The van der Waals surface area contributed by atoms with Gasteiger partial charge in [-0.15, -0.1) is 10.2 Å². The molecule has 0 atom stereocenters. The van der Waals surface area contributed by atoms with Crippen molar-refractivity contribution in [1.82, 2.24) is 0 Å². The number of hydrogen-bond donors (Lipinski definition) is 0. The molecule has 0 N–H and O–H groups in total. The highest BCUT2D eigenvalue weighted by molar-refractivity contribution is 6.32. The Morgan fingerprint density at radius 2 is 2.08 bits per heavy atom. The van der Waals surface area contributed by atoms with E-state index in [1.165, 1.54) is 0 Å². The van der Waals surface area contributed by atoms with Crippen molar-refractivity contribution >= 4 is 23.2 Å². The van der Waals surface area contributed by atoms with Crippen LogP contribution in [0, 0.1) is 6.92 Å². The molecule has 1 aliphatic heterocycles. The smallest absolute Gasteiger partial charge is 0.265 e. The number of fused-ring (bicyclic) bond motifs is 1. The summed E-state index contributed by atoms with van der Waals surface area (Å²) in [4.78, 5) is 11.0. The molecule has 2 rings (SSSR count). The fraction of sp³-hybridized carbons (Fsp3) is 0.125. The van der Waals surface area contributed by atoms with Crippen molar-refractivity contribution in [2.45, 2.75) is 6.92 Å². The average Bonchev–Trinajstić information content (AvgIpc) is 2.41. The van der Waals surface area contributed by atoms with Crippen molar-refractivity contribution < 1.29 is 4.79 Å². The van der Waals surface area contributed by atoms with Crippen LogP contribution in [0.15, 0.2) is 22.4 Å². The number of benzene rings is 1. The average molecular weight is 181 g/mol. The van der Waals surface area contributed by atoms with E-state index in [0.717, 1.165) is 5.56 Å². The van der Waals surface area contributed by atoms with E-state index >= 15 is 0 Å². The Balaban J connectivity index is 2.75. The fourth-order valence-corrected chi connectivity index (χ4v) is 1.28. The van der Waals surface area contributed by atoms with E-state index in [4.69, 9.17) is 11.6 Å². The van der Waals surface area contributed by atoms with Crippen molar-refractivity contribution in [3.8, 4) is 0 Å². The summed E-state index contributed by atoms with van der Waals surface area (Å²) in [6.45, 7) is 1.82. The minimum absolute atomic E-state index is 0.287. The molecule has 0 aromatic heterocycles. The van der Waals surface area contributed by atoms with Crippen LogP contribution in [0.2, 0.25) is 5.02 Å². The first kappa shape index (κ1) is 7.43. The van der Waals surface area contributed by atoms with Crippen LogP contribution in [0.3, 0.4) is 0 Å². The summed E-state index contributed by atoms with van der Waals surface area (Å²) in [7, 11) is 0. The number of amides is 1. The third-order valence-corrected chi connectivity index (χ3v) is 2.25. The Labute approximate surface area is 74.1 Å². The zero-order valence-electron chi connectivity index (χ0n) is 6.34. The lowest BCUT2D eigenvalue weighted by atomic mass is 10.1. The molecular weight excluding hydrogens is 176 g/mol. The summed E-state index contributed by atoms with van der Waals surface area (Å²) in [6.07, 6.45) is 0. The van der Waals surface area contributed by atoms with Crippen LogP contribution in [0.25, 0.3) is 0 Å². The summed E-state index contributed by atoms with van der Waals surface area (Å²) in [5.41, 5.74) is 1.95. The van der Waals surface area contributed by atoms with Crippen molar-refractivity contribution in [3.05, 3.63) is 28.3 Å². The van der Waals surface area contributed by atoms with Crippen LogP contribution in [-0.2, 0) is 0 Å². The highest BCUT2D eigenvalue weighted by Gasteiger charge is 2.19. The maximum Gasteiger partial charge on any atom is 0.297 e. The largest absolute Gasteiger partial charge is 0.297 e. The molecule has 0 saturated carbocycles. The van der Waals surface area contributed by atoms with Crippen LogP contribution >= 0.6 is 11.6 Å². The van der Waals surface area contributed by atoms with Gasteiger partial charge in [-0.25, -0.2) is 0 Å². The Morgan fingerprint density at radius 1 is 1.33 bits per heavy atom. The molecule has 1 amide bonds. The molecule has 1 heterocycles. The Morgan fingerprint density at radius 3 is 2.83 bits per heavy atom. The quantitative estimate of drug-likeness (QED) is 0.605. The molecule has 4 heteroatoms. The van der Waals surface area contributed by atoms with E-state index in [1.54, 1.807) is 12.1 Å². The Kier molecular flexibility index (Phi) is 1.48. The molecule has 0 radical (unpaired) electrons. The van der Waals surface area contributed by atoms with Crippen LogP contribution < -0.4 is 0 Å². The highest BCUT2D eigenvalue weighted by atomic mass is 35.5. The maximum absolute atomic E-state index is 11.0. The van der Waals surface area contributed by atoms with E-state index in [9.17, 15) is 4.79 Å². The molecule has 0 saturated heterocycles. The number of nitrogens with zero attached hydrogens (tertiary/aromatic N) is 2. The Bertz CT molecular complexity index is 398. The van der Waals surface area contributed by atoms with Gasteiger partial charge in [-0.3, -0.25) is 4.79 Å². The van der Waals surface area contributed by atoms with Gasteiger partial charge in [0.15, 0.2) is 0 Å². The predicted octanol–water partition coefficient (Wildman–Crippen LogP) is 2.89. The van der Waals surface area contributed by atoms with Gasteiger partial charge in [0.05, 0.1) is 5.56 Å². The van der Waals surface area contributed by atoms with E-state index in [2.05, 4.69) is 10.2 Å². The molecule has 1 aromatic carbocycles. The van der Waals surface area contributed by atoms with E-state index in [-0.39, 0.29) is 5.91 Å². The Hall–Kier alpha value is -1.22. The maximum atomic E-state index is 11.0. The molecular formula is C8H5ClN2O. The van der Waals surface area contributed by atoms with Crippen LogP contribution in [0.1, 0.15) is 15.9 Å². The normalized spacial score (nSPS) is 13.7. The number of azo groups is 1. The van der Waals surface area contributed by atoms with Gasteiger partial charge in [-0.05, 0) is 24.6 Å². The molecule has 3 nitrogen and oxygen atoms in total. The molecule has 0 aliphatic carbocycles. The number of halogens is 1. The fourth-order valence-electron chi connectivity index (χ4n) is 1.13. The first-order chi connectivity index (χ1) is 5.70. The van der Waals surface area contributed by atoms with Gasteiger partial charge in [0, 0.05) is 5.02 Å². The summed E-state index contributed by atoms with van der Waals surface area (Å²) in [5.74, 6) is -0.287. The van der Waals surface area contributed by atoms with Crippen LogP contribution in [0.4, 0.5) is 5.69 Å². The summed E-state index contributed by atoms with van der Waals surface area (Å²) < 4.78 is 0. The van der Waals surface area contributed by atoms with Gasteiger partial charge in [0.2, 0.25) is 0 Å². The zero-order chi connectivity index (χ0) is 8.72. The lowest BCUT2D eigenvalue weighted by Crippen LogP contribution is -1.89. The zero-order valence-corrected chi connectivity index (χ0v) is 7.09. The number of carbonyl (C=O) groups excluding carboxylic acids is 1. The highest BCUT2D eigenvalue weighted by Crippen LogP contribution is 2.34. The minimum atomic E-state index is -0.287. The molecule has 0 unspecified atom stereocenters. The molecule has 0 spiro atoms. The summed E-state index contributed by atoms with van der Waals surface area (Å²) in [6, 6.07) is 3.33. The third kappa shape index (κ3) is 0.865. The van der Waals surface area contributed by atoms with E-state index in [0.29, 0.717) is 16.3 Å². The van der Waals surface area contributed by atoms with Crippen molar-refractivity contribution in [1.29, 1.82) is 0 Å². The molecule has 1 aliphatic rings. The second kappa shape index (κ2) is 2.38. The van der Waals surface area contributed by atoms with Crippen molar-refractivity contribution in [2.75, 3.05) is 0 Å². The van der Waals surface area contributed by atoms with Gasteiger partial charge in [-0.2, -0.15) is 0 Å². The van der Waals surface area contributed by atoms with Gasteiger partial charge in [-0.1, -0.05) is 11.6 Å². The number of hydrogen-bond acceptors (Lipinski definition) is 2. The number of carbonyl (C=O) groups is 1. The molecule has 0 fully saturated rings. The first-order valence-corrected chi connectivity index (χ1v) is 3.83. The monoisotopic (exact) mass is 180 g/mol. The van der Waals surface area contributed by atoms with Gasteiger partial charge < -0.3 is 0 Å². The second-order valence-electron chi connectivity index (χ2n) is 2.57. The second-order valence-corrected chi connectivity index (χ2v) is 2.98. The van der Waals surface area contributed by atoms with Gasteiger partial charge in [0.1, 0.15) is 5.69 Å². The van der Waals surface area contributed by atoms with E-state index in [1.807, 2.05) is 6.92 Å². The van der Waals surface area contributed by atoms with Crippen molar-refractivity contribution in [2.24, 2.45) is 10.2 Å². The first-order valence-electron chi connectivity index (χ1n) is 3.45. The van der Waals surface area contributed by atoms with Gasteiger partial charge >= 0.3 is 0 Å². The standard InChI is InChI=1S/C8H5ClN2O/c1-4-6(9)3-2-5-7(4)10-11-8(5)12/h2-3H,1H3. The minimum Gasteiger partial charge on any atom is -0.265 e. The third-order valence-electron chi connectivity index (χ3n) is 1.84.